The van der Waals surface area contributed by atoms with E-state index in [0.717, 1.165) is 49.5 Å². The number of carbonyl (C=O) groups excluding carboxylic acids is 1. The van der Waals surface area contributed by atoms with Crippen LogP contribution in [0.3, 0.4) is 0 Å². The molecule has 0 spiro atoms. The molecule has 0 aliphatic carbocycles. The van der Waals surface area contributed by atoms with Crippen molar-refractivity contribution in [3.63, 3.8) is 0 Å². The third-order valence-corrected chi connectivity index (χ3v) is 7.93. The third kappa shape index (κ3) is 6.58. The second-order valence-electron chi connectivity index (χ2n) is 10.8. The van der Waals surface area contributed by atoms with Crippen LogP contribution in [0.1, 0.15) is 48.1 Å². The first kappa shape index (κ1) is 26.7. The molecule has 5 rings (SSSR count). The maximum atomic E-state index is 13.8. The van der Waals surface area contributed by atoms with Gasteiger partial charge in [-0.3, -0.25) is 4.79 Å². The predicted molar refractivity (Wildman–Crippen MR) is 155 cm³/mol. The second kappa shape index (κ2) is 12.3. The van der Waals surface area contributed by atoms with Crippen molar-refractivity contribution in [1.82, 2.24) is 20.2 Å². The lowest BCUT2D eigenvalue weighted by molar-refractivity contribution is -0.128. The number of rotatable bonds is 10. The maximum Gasteiger partial charge on any atom is 0.225 e. The van der Waals surface area contributed by atoms with Crippen molar-refractivity contribution in [2.45, 2.75) is 37.6 Å². The Bertz CT molecular complexity index is 1270. The van der Waals surface area contributed by atoms with Crippen LogP contribution in [0.5, 0.6) is 5.75 Å². The van der Waals surface area contributed by atoms with Crippen molar-refractivity contribution in [2.24, 2.45) is 5.92 Å². The lowest BCUT2D eigenvalue weighted by Crippen LogP contribution is -2.51. The Balaban J connectivity index is 1.30. The largest absolute Gasteiger partial charge is 0.497 e. The Kier molecular flexibility index (Phi) is 8.42. The molecule has 1 amide bonds. The zero-order valence-electron chi connectivity index (χ0n) is 22.8. The number of hydrogen-bond donors (Lipinski definition) is 2. The number of methoxy groups -OCH3 is 1. The molecule has 2 atom stereocenters. The van der Waals surface area contributed by atoms with E-state index in [4.69, 9.17) is 4.74 Å². The lowest BCUT2D eigenvalue weighted by Gasteiger charge is -2.37. The number of amides is 1. The number of likely N-dealkylation sites (tertiary alicyclic amines) is 1. The highest BCUT2D eigenvalue weighted by Crippen LogP contribution is 2.30. The second-order valence-corrected chi connectivity index (χ2v) is 10.8. The van der Waals surface area contributed by atoms with Crippen LogP contribution in [0.15, 0.2) is 97.5 Å². The van der Waals surface area contributed by atoms with Crippen LogP contribution in [0.2, 0.25) is 0 Å². The van der Waals surface area contributed by atoms with E-state index in [9.17, 15) is 4.79 Å². The maximum absolute atomic E-state index is 13.8. The first-order valence-electron chi connectivity index (χ1n) is 13.8. The standard InChI is InChI=1S/C33H38N4O2/c1-33(31-21-34-24-35-31,20-25-15-17-29(39-2)18-16-25)36-32(38)28-14-9-19-37(22-28)23-30(26-10-5-3-6-11-26)27-12-7-4-8-13-27/h3-8,10-13,15-18,21,24,28,30H,9,14,19-20,22-23H2,1-2H3,(H,34,35)(H,36,38)/t28-,33?/m0/s1. The van der Waals surface area contributed by atoms with Gasteiger partial charge in [-0.2, -0.15) is 0 Å². The highest BCUT2D eigenvalue weighted by molar-refractivity contribution is 5.80. The van der Waals surface area contributed by atoms with Gasteiger partial charge in [0, 0.05) is 25.4 Å². The molecule has 0 radical (unpaired) electrons. The van der Waals surface area contributed by atoms with E-state index in [1.807, 2.05) is 12.1 Å². The Morgan fingerprint density at radius 3 is 2.31 bits per heavy atom. The topological polar surface area (TPSA) is 70.2 Å². The zero-order chi connectivity index (χ0) is 27.1. The highest BCUT2D eigenvalue weighted by atomic mass is 16.5. The molecule has 202 valence electrons. The minimum Gasteiger partial charge on any atom is -0.497 e. The third-order valence-electron chi connectivity index (χ3n) is 7.93. The summed E-state index contributed by atoms with van der Waals surface area (Å²) in [6.45, 7) is 4.72. The number of aromatic nitrogens is 2. The molecule has 0 bridgehead atoms. The average Bonchev–Trinajstić information content (AvgIpc) is 3.54. The molecule has 1 aliphatic heterocycles. The number of nitrogens with one attached hydrogen (secondary N) is 2. The molecule has 1 fully saturated rings. The van der Waals surface area contributed by atoms with Crippen molar-refractivity contribution in [2.75, 3.05) is 26.7 Å². The van der Waals surface area contributed by atoms with Gasteiger partial charge in [0.15, 0.2) is 0 Å². The lowest BCUT2D eigenvalue weighted by atomic mass is 9.87. The van der Waals surface area contributed by atoms with Gasteiger partial charge in [0.25, 0.3) is 0 Å². The minimum atomic E-state index is -0.610. The van der Waals surface area contributed by atoms with Gasteiger partial charge in [0.2, 0.25) is 5.91 Å². The molecule has 39 heavy (non-hydrogen) atoms. The Labute approximate surface area is 231 Å². The van der Waals surface area contributed by atoms with Crippen molar-refractivity contribution >= 4 is 5.91 Å². The molecule has 6 nitrogen and oxygen atoms in total. The van der Waals surface area contributed by atoms with E-state index >= 15 is 0 Å². The van der Waals surface area contributed by atoms with Crippen LogP contribution in [0, 0.1) is 5.92 Å². The monoisotopic (exact) mass is 522 g/mol. The summed E-state index contributed by atoms with van der Waals surface area (Å²) in [6, 6.07) is 29.4. The summed E-state index contributed by atoms with van der Waals surface area (Å²) < 4.78 is 5.32. The van der Waals surface area contributed by atoms with Crippen molar-refractivity contribution < 1.29 is 9.53 Å². The normalized spacial score (nSPS) is 17.5. The molecular weight excluding hydrogens is 484 g/mol. The minimum absolute atomic E-state index is 0.0657. The van der Waals surface area contributed by atoms with Crippen molar-refractivity contribution in [3.8, 4) is 5.75 Å². The van der Waals surface area contributed by atoms with Gasteiger partial charge in [-0.05, 0) is 55.1 Å². The van der Waals surface area contributed by atoms with Gasteiger partial charge in [-0.15, -0.1) is 0 Å². The van der Waals surface area contributed by atoms with Gasteiger partial charge in [-0.25, -0.2) is 4.98 Å². The number of piperidine rings is 1. The summed E-state index contributed by atoms with van der Waals surface area (Å²) in [5.41, 5.74) is 4.02. The van der Waals surface area contributed by atoms with Crippen LogP contribution < -0.4 is 10.1 Å². The summed E-state index contributed by atoms with van der Waals surface area (Å²) in [6.07, 6.45) is 6.02. The molecule has 1 aliphatic rings. The van der Waals surface area contributed by atoms with Gasteiger partial charge in [0.1, 0.15) is 5.75 Å². The molecule has 2 heterocycles. The Morgan fingerprint density at radius 2 is 1.72 bits per heavy atom. The molecule has 4 aromatic rings. The molecular formula is C33H38N4O2. The quantitative estimate of drug-likeness (QED) is 0.287. The molecule has 1 aromatic heterocycles. The van der Waals surface area contributed by atoms with E-state index in [0.29, 0.717) is 6.42 Å². The number of carbonyl (C=O) groups is 1. The van der Waals surface area contributed by atoms with Gasteiger partial charge in [0.05, 0.1) is 36.8 Å². The predicted octanol–water partition coefficient (Wildman–Crippen LogP) is 5.54. The van der Waals surface area contributed by atoms with Crippen LogP contribution in [-0.4, -0.2) is 47.5 Å². The van der Waals surface area contributed by atoms with E-state index in [1.165, 1.54) is 11.1 Å². The van der Waals surface area contributed by atoms with Crippen LogP contribution in [-0.2, 0) is 16.8 Å². The summed E-state index contributed by atoms with van der Waals surface area (Å²) in [5, 5.41) is 3.41. The van der Waals surface area contributed by atoms with E-state index in [-0.39, 0.29) is 17.7 Å². The fraction of sp³-hybridized carbons (Fsp3) is 0.333. The molecule has 3 aromatic carbocycles. The summed E-state index contributed by atoms with van der Waals surface area (Å²) in [5.74, 6) is 1.11. The van der Waals surface area contributed by atoms with Gasteiger partial charge < -0.3 is 19.9 Å². The number of nitrogens with zero attached hydrogens (tertiary/aromatic N) is 2. The van der Waals surface area contributed by atoms with Crippen molar-refractivity contribution in [3.05, 3.63) is 120 Å². The molecule has 2 N–H and O–H groups in total. The van der Waals surface area contributed by atoms with Crippen LogP contribution >= 0.6 is 0 Å². The van der Waals surface area contributed by atoms with Gasteiger partial charge in [-0.1, -0.05) is 72.8 Å². The molecule has 1 saturated heterocycles. The molecule has 1 unspecified atom stereocenters. The summed E-state index contributed by atoms with van der Waals surface area (Å²) in [7, 11) is 1.67. The fourth-order valence-corrected chi connectivity index (χ4v) is 5.76. The smallest absolute Gasteiger partial charge is 0.225 e. The number of aromatic amines is 1. The van der Waals surface area contributed by atoms with Gasteiger partial charge >= 0.3 is 0 Å². The van der Waals surface area contributed by atoms with Crippen LogP contribution in [0.4, 0.5) is 0 Å². The first-order chi connectivity index (χ1) is 19.0. The van der Waals surface area contributed by atoms with E-state index in [1.54, 1.807) is 19.6 Å². The Morgan fingerprint density at radius 1 is 1.05 bits per heavy atom. The highest BCUT2D eigenvalue weighted by Gasteiger charge is 2.35. The number of H-pyrrole nitrogens is 1. The average molecular weight is 523 g/mol. The Hall–Kier alpha value is -3.90. The molecule has 6 heteroatoms. The first-order valence-corrected chi connectivity index (χ1v) is 13.8. The summed E-state index contributed by atoms with van der Waals surface area (Å²) >= 11 is 0. The van der Waals surface area contributed by atoms with E-state index < -0.39 is 5.54 Å². The zero-order valence-corrected chi connectivity index (χ0v) is 22.8. The number of imidazole rings is 1. The van der Waals surface area contributed by atoms with Crippen LogP contribution in [0.25, 0.3) is 0 Å². The molecule has 0 saturated carbocycles. The van der Waals surface area contributed by atoms with Crippen molar-refractivity contribution in [1.29, 1.82) is 0 Å². The number of ether oxygens (including phenoxy) is 1. The summed E-state index contributed by atoms with van der Waals surface area (Å²) in [4.78, 5) is 23.7. The van der Waals surface area contributed by atoms with E-state index in [2.05, 4.69) is 99.9 Å². The fourth-order valence-electron chi connectivity index (χ4n) is 5.76. The number of hydrogen-bond acceptors (Lipinski definition) is 4. The number of benzene rings is 3. The SMILES string of the molecule is COc1ccc(CC(C)(NC(=O)[C@H]2CCCN(CC(c3ccccc3)c3ccccc3)C2)c2cnc[nH]2)cc1.